The number of rotatable bonds is 7. The minimum atomic E-state index is -0.283. The molecule has 0 saturated heterocycles. The first kappa shape index (κ1) is 18.5. The van der Waals surface area contributed by atoms with Gasteiger partial charge in [0, 0.05) is 24.2 Å². The fourth-order valence-electron chi connectivity index (χ4n) is 3.00. The van der Waals surface area contributed by atoms with Gasteiger partial charge in [-0.25, -0.2) is 4.98 Å². The number of hydrogen-bond acceptors (Lipinski definition) is 4. The van der Waals surface area contributed by atoms with Crippen LogP contribution in [0.4, 0.5) is 5.69 Å². The van der Waals surface area contributed by atoms with Crippen LogP contribution in [0.3, 0.4) is 0 Å². The second-order valence-corrected chi connectivity index (χ2v) is 6.57. The molecule has 4 aromatic rings. The first-order chi connectivity index (χ1) is 14.2. The summed E-state index contributed by atoms with van der Waals surface area (Å²) in [7, 11) is 0. The molecule has 0 unspecified atom stereocenters. The lowest BCUT2D eigenvalue weighted by atomic mass is 10.2. The summed E-state index contributed by atoms with van der Waals surface area (Å²) in [4.78, 5) is 31.8. The highest BCUT2D eigenvalue weighted by atomic mass is 16.3. The van der Waals surface area contributed by atoms with E-state index >= 15 is 0 Å². The van der Waals surface area contributed by atoms with E-state index in [-0.39, 0.29) is 17.6 Å². The molecule has 3 N–H and O–H groups in total. The number of nitrogens with zero attached hydrogens (tertiary/aromatic N) is 1. The van der Waals surface area contributed by atoms with Gasteiger partial charge in [-0.2, -0.15) is 0 Å². The summed E-state index contributed by atoms with van der Waals surface area (Å²) in [5.74, 6) is 0.618. The number of carbonyl (C=O) groups is 2. The van der Waals surface area contributed by atoms with Crippen molar-refractivity contribution in [3.63, 3.8) is 0 Å². The molecule has 0 aliphatic rings. The highest BCUT2D eigenvalue weighted by Gasteiger charge is 2.09. The number of anilines is 1. The summed E-state index contributed by atoms with van der Waals surface area (Å²) in [5.41, 5.74) is 3.46. The van der Waals surface area contributed by atoms with Gasteiger partial charge in [0.2, 0.25) is 5.91 Å². The lowest BCUT2D eigenvalue weighted by Gasteiger charge is -2.07. The van der Waals surface area contributed by atoms with Crippen molar-refractivity contribution in [2.75, 3.05) is 11.9 Å². The van der Waals surface area contributed by atoms with E-state index in [9.17, 15) is 9.59 Å². The van der Waals surface area contributed by atoms with Gasteiger partial charge in [0.1, 0.15) is 5.82 Å². The summed E-state index contributed by atoms with van der Waals surface area (Å²) < 4.78 is 5.02. The van der Waals surface area contributed by atoms with E-state index in [1.807, 2.05) is 48.5 Å². The largest absolute Gasteiger partial charge is 0.459 e. The van der Waals surface area contributed by atoms with Crippen LogP contribution in [0.25, 0.3) is 22.4 Å². The molecule has 0 saturated carbocycles. The minimum absolute atomic E-state index is 0.112. The van der Waals surface area contributed by atoms with Crippen molar-refractivity contribution in [1.29, 1.82) is 0 Å². The number of para-hydroxylation sites is 2. The van der Waals surface area contributed by atoms with Gasteiger partial charge in [-0.1, -0.05) is 24.3 Å². The van der Waals surface area contributed by atoms with E-state index in [1.165, 1.54) is 6.26 Å². The van der Waals surface area contributed by atoms with Gasteiger partial charge in [0.25, 0.3) is 5.91 Å². The van der Waals surface area contributed by atoms with Crippen molar-refractivity contribution in [2.24, 2.45) is 0 Å². The molecule has 7 heteroatoms. The van der Waals surface area contributed by atoms with Crippen LogP contribution in [0.2, 0.25) is 0 Å². The van der Waals surface area contributed by atoms with Gasteiger partial charge < -0.3 is 20.0 Å². The van der Waals surface area contributed by atoms with Crippen molar-refractivity contribution in [3.05, 3.63) is 72.7 Å². The third-order valence-corrected chi connectivity index (χ3v) is 4.42. The summed E-state index contributed by atoms with van der Waals surface area (Å²) in [6.07, 6.45) is 2.27. The van der Waals surface area contributed by atoms with Crippen LogP contribution in [-0.4, -0.2) is 28.3 Å². The summed E-state index contributed by atoms with van der Waals surface area (Å²) >= 11 is 0. The Morgan fingerprint density at radius 2 is 1.93 bits per heavy atom. The number of hydrogen-bond donors (Lipinski definition) is 3. The molecule has 2 aromatic carbocycles. The minimum Gasteiger partial charge on any atom is -0.459 e. The van der Waals surface area contributed by atoms with E-state index in [0.717, 1.165) is 22.4 Å². The Labute approximate surface area is 167 Å². The molecule has 0 aliphatic heterocycles. The normalized spacial score (nSPS) is 10.8. The first-order valence-corrected chi connectivity index (χ1v) is 9.36. The Morgan fingerprint density at radius 1 is 1.03 bits per heavy atom. The maximum Gasteiger partial charge on any atom is 0.286 e. The number of amides is 2. The molecule has 29 heavy (non-hydrogen) atoms. The van der Waals surface area contributed by atoms with E-state index in [1.54, 1.807) is 12.1 Å². The molecule has 2 amide bonds. The molecule has 2 aromatic heterocycles. The number of aromatic amines is 1. The Hall–Kier alpha value is -3.87. The lowest BCUT2D eigenvalue weighted by Crippen LogP contribution is -2.25. The fourth-order valence-corrected chi connectivity index (χ4v) is 3.00. The molecule has 0 spiro atoms. The van der Waals surface area contributed by atoms with Gasteiger partial charge in [0.05, 0.1) is 17.3 Å². The number of furan rings is 1. The zero-order valence-electron chi connectivity index (χ0n) is 15.6. The zero-order chi connectivity index (χ0) is 20.1. The van der Waals surface area contributed by atoms with E-state index in [2.05, 4.69) is 20.6 Å². The van der Waals surface area contributed by atoms with Crippen molar-refractivity contribution in [3.8, 4) is 11.4 Å². The van der Waals surface area contributed by atoms with E-state index in [4.69, 9.17) is 4.42 Å². The second-order valence-electron chi connectivity index (χ2n) is 6.57. The number of benzene rings is 2. The Balaban J connectivity index is 1.30. The molecule has 2 heterocycles. The predicted octanol–water partition coefficient (Wildman–Crippen LogP) is 3.97. The molecule has 146 valence electrons. The number of carbonyl (C=O) groups excluding carboxylic acids is 2. The Kier molecular flexibility index (Phi) is 5.38. The van der Waals surface area contributed by atoms with Crippen LogP contribution in [0.1, 0.15) is 23.4 Å². The number of fused-ring (bicyclic) bond motifs is 1. The molecule has 0 atom stereocenters. The average Bonchev–Trinajstić information content (AvgIpc) is 3.41. The van der Waals surface area contributed by atoms with E-state index < -0.39 is 0 Å². The second kappa shape index (κ2) is 8.43. The van der Waals surface area contributed by atoms with Crippen LogP contribution in [0, 0.1) is 0 Å². The quantitative estimate of drug-likeness (QED) is 0.417. The number of nitrogens with one attached hydrogen (secondary N) is 3. The molecule has 0 aliphatic carbocycles. The summed E-state index contributed by atoms with van der Waals surface area (Å²) in [6, 6.07) is 18.6. The standard InChI is InChI=1S/C22H20N4O3/c27-20(11-4-12-23-22(28)19-10-5-13-29-19)24-16-7-3-6-15(14-16)21-25-17-8-1-2-9-18(17)26-21/h1-3,5-10,13-14H,4,11-12H2,(H,23,28)(H,24,27)(H,25,26). The third kappa shape index (κ3) is 4.52. The van der Waals surface area contributed by atoms with Crippen LogP contribution in [-0.2, 0) is 4.79 Å². The third-order valence-electron chi connectivity index (χ3n) is 4.42. The monoisotopic (exact) mass is 388 g/mol. The van der Waals surface area contributed by atoms with Gasteiger partial charge >= 0.3 is 0 Å². The van der Waals surface area contributed by atoms with Crippen LogP contribution in [0.15, 0.2) is 71.3 Å². The maximum atomic E-state index is 12.2. The molecule has 0 fully saturated rings. The van der Waals surface area contributed by atoms with Crippen molar-refractivity contribution in [1.82, 2.24) is 15.3 Å². The highest BCUT2D eigenvalue weighted by molar-refractivity contribution is 5.92. The van der Waals surface area contributed by atoms with Gasteiger partial charge in [-0.05, 0) is 42.8 Å². The molecule has 0 bridgehead atoms. The fraction of sp³-hybridized carbons (Fsp3) is 0.136. The van der Waals surface area contributed by atoms with Crippen LogP contribution in [0.5, 0.6) is 0 Å². The SMILES string of the molecule is O=C(CCCNC(=O)c1ccco1)Nc1cccc(-c2nc3ccccc3[nH]2)c1. The summed E-state index contributed by atoms with van der Waals surface area (Å²) in [6.45, 7) is 0.395. The Morgan fingerprint density at radius 3 is 2.76 bits per heavy atom. The molecular formula is C22H20N4O3. The van der Waals surface area contributed by atoms with Crippen molar-refractivity contribution in [2.45, 2.75) is 12.8 Å². The first-order valence-electron chi connectivity index (χ1n) is 9.36. The number of aromatic nitrogens is 2. The lowest BCUT2D eigenvalue weighted by molar-refractivity contribution is -0.116. The average molecular weight is 388 g/mol. The van der Waals surface area contributed by atoms with Crippen LogP contribution < -0.4 is 10.6 Å². The molecule has 7 nitrogen and oxygen atoms in total. The molecular weight excluding hydrogens is 368 g/mol. The highest BCUT2D eigenvalue weighted by Crippen LogP contribution is 2.23. The Bertz CT molecular complexity index is 1100. The predicted molar refractivity (Wildman–Crippen MR) is 110 cm³/mol. The van der Waals surface area contributed by atoms with Crippen molar-refractivity contribution < 1.29 is 14.0 Å². The zero-order valence-corrected chi connectivity index (χ0v) is 15.6. The summed E-state index contributed by atoms with van der Waals surface area (Å²) in [5, 5.41) is 5.61. The number of H-pyrrole nitrogens is 1. The van der Waals surface area contributed by atoms with Gasteiger partial charge in [-0.3, -0.25) is 9.59 Å². The van der Waals surface area contributed by atoms with Crippen LogP contribution >= 0.6 is 0 Å². The van der Waals surface area contributed by atoms with E-state index in [0.29, 0.717) is 25.1 Å². The van der Waals surface area contributed by atoms with Crippen molar-refractivity contribution >= 4 is 28.5 Å². The van der Waals surface area contributed by atoms with Gasteiger partial charge in [-0.15, -0.1) is 0 Å². The smallest absolute Gasteiger partial charge is 0.286 e. The topological polar surface area (TPSA) is 100 Å². The van der Waals surface area contributed by atoms with Gasteiger partial charge in [0.15, 0.2) is 5.76 Å². The molecule has 0 radical (unpaired) electrons. The number of imidazole rings is 1. The maximum absolute atomic E-state index is 12.2. The molecule has 4 rings (SSSR count).